The van der Waals surface area contributed by atoms with Crippen molar-refractivity contribution in [2.45, 2.75) is 33.6 Å². The molecule has 0 aliphatic rings. The van der Waals surface area contributed by atoms with Gasteiger partial charge in [0.1, 0.15) is 5.76 Å². The van der Waals surface area contributed by atoms with Crippen molar-refractivity contribution in [1.29, 1.82) is 0 Å². The Morgan fingerprint density at radius 2 is 2.05 bits per heavy atom. The van der Waals surface area contributed by atoms with Gasteiger partial charge in [0.25, 0.3) is 5.91 Å². The maximum Gasteiger partial charge on any atom is 0.273 e. The molecule has 1 aromatic carbocycles. The number of amides is 1. The summed E-state index contributed by atoms with van der Waals surface area (Å²) in [5.74, 6) is 0.887. The van der Waals surface area contributed by atoms with Crippen LogP contribution >= 0.6 is 0 Å². The van der Waals surface area contributed by atoms with Gasteiger partial charge in [-0.3, -0.25) is 4.79 Å². The minimum absolute atomic E-state index is 0.167. The van der Waals surface area contributed by atoms with Gasteiger partial charge in [0.2, 0.25) is 5.89 Å². The Labute approximate surface area is 119 Å². The van der Waals surface area contributed by atoms with Gasteiger partial charge < -0.3 is 9.73 Å². The lowest BCUT2D eigenvalue weighted by molar-refractivity contribution is 0.0947. The van der Waals surface area contributed by atoms with E-state index in [2.05, 4.69) is 17.2 Å². The number of aromatic nitrogens is 1. The van der Waals surface area contributed by atoms with Crippen LogP contribution in [0.5, 0.6) is 0 Å². The Bertz CT molecular complexity index is 602. The number of nitrogens with one attached hydrogen (secondary N) is 1. The van der Waals surface area contributed by atoms with Gasteiger partial charge in [0.05, 0.1) is 0 Å². The minimum Gasteiger partial charge on any atom is -0.441 e. The smallest absolute Gasteiger partial charge is 0.273 e. The van der Waals surface area contributed by atoms with E-state index in [0.717, 1.165) is 24.0 Å². The molecule has 20 heavy (non-hydrogen) atoms. The van der Waals surface area contributed by atoms with Gasteiger partial charge in [0.15, 0.2) is 5.69 Å². The first-order valence-electron chi connectivity index (χ1n) is 6.95. The standard InChI is InChI=1S/C16H20N2O2/c1-4-5-10-17-15(19)14-12(3)20-16(18-14)13-9-7-6-8-11(13)2/h6-9H,4-5,10H2,1-3H3,(H,17,19). The van der Waals surface area contributed by atoms with Gasteiger partial charge in [-0.15, -0.1) is 0 Å². The maximum absolute atomic E-state index is 12.0. The van der Waals surface area contributed by atoms with Crippen molar-refractivity contribution >= 4 is 5.91 Å². The number of rotatable bonds is 5. The molecule has 0 saturated heterocycles. The van der Waals surface area contributed by atoms with Crippen LogP contribution in [-0.2, 0) is 0 Å². The van der Waals surface area contributed by atoms with Crippen LogP contribution in [0.4, 0.5) is 0 Å². The number of nitrogens with zero attached hydrogens (tertiary/aromatic N) is 1. The van der Waals surface area contributed by atoms with Gasteiger partial charge in [-0.05, 0) is 31.9 Å². The molecule has 0 spiro atoms. The molecule has 1 amide bonds. The zero-order valence-corrected chi connectivity index (χ0v) is 12.2. The third kappa shape index (κ3) is 3.07. The second kappa shape index (κ2) is 6.37. The number of hydrogen-bond acceptors (Lipinski definition) is 3. The molecule has 0 aliphatic carbocycles. The van der Waals surface area contributed by atoms with Crippen molar-refractivity contribution in [3.8, 4) is 11.5 Å². The summed E-state index contributed by atoms with van der Waals surface area (Å²) in [6.45, 7) is 6.52. The van der Waals surface area contributed by atoms with E-state index in [1.165, 1.54) is 0 Å². The molecule has 2 rings (SSSR count). The third-order valence-electron chi connectivity index (χ3n) is 3.20. The Hall–Kier alpha value is -2.10. The van der Waals surface area contributed by atoms with Crippen LogP contribution in [0, 0.1) is 13.8 Å². The van der Waals surface area contributed by atoms with Crippen LogP contribution < -0.4 is 5.32 Å². The van der Waals surface area contributed by atoms with Crippen LogP contribution in [-0.4, -0.2) is 17.4 Å². The molecule has 1 aromatic heterocycles. The Morgan fingerprint density at radius 3 is 2.75 bits per heavy atom. The van der Waals surface area contributed by atoms with Crippen LogP contribution in [0.15, 0.2) is 28.7 Å². The van der Waals surface area contributed by atoms with E-state index >= 15 is 0 Å². The Kier molecular flexibility index (Phi) is 4.56. The first-order chi connectivity index (χ1) is 9.63. The predicted octanol–water partition coefficient (Wildman–Crippen LogP) is 3.49. The molecular formula is C16H20N2O2. The number of hydrogen-bond donors (Lipinski definition) is 1. The summed E-state index contributed by atoms with van der Waals surface area (Å²) in [7, 11) is 0. The fourth-order valence-electron chi connectivity index (χ4n) is 2.00. The second-order valence-corrected chi connectivity index (χ2v) is 4.85. The fourth-order valence-corrected chi connectivity index (χ4v) is 2.00. The van der Waals surface area contributed by atoms with E-state index in [-0.39, 0.29) is 5.91 Å². The zero-order valence-electron chi connectivity index (χ0n) is 12.2. The highest BCUT2D eigenvalue weighted by atomic mass is 16.4. The first-order valence-corrected chi connectivity index (χ1v) is 6.95. The van der Waals surface area contributed by atoms with Gasteiger partial charge in [0, 0.05) is 12.1 Å². The Balaban J connectivity index is 2.22. The van der Waals surface area contributed by atoms with Crippen LogP contribution in [0.25, 0.3) is 11.5 Å². The quantitative estimate of drug-likeness (QED) is 0.848. The van der Waals surface area contributed by atoms with Crippen molar-refractivity contribution in [3.05, 3.63) is 41.3 Å². The highest BCUT2D eigenvalue weighted by Crippen LogP contribution is 2.24. The topological polar surface area (TPSA) is 55.1 Å². The van der Waals surface area contributed by atoms with E-state index in [0.29, 0.717) is 23.9 Å². The highest BCUT2D eigenvalue weighted by Gasteiger charge is 2.18. The molecular weight excluding hydrogens is 252 g/mol. The largest absolute Gasteiger partial charge is 0.441 e. The summed E-state index contributed by atoms with van der Waals surface area (Å²) in [6.07, 6.45) is 2.01. The monoisotopic (exact) mass is 272 g/mol. The van der Waals surface area contributed by atoms with E-state index < -0.39 is 0 Å². The number of carbonyl (C=O) groups excluding carboxylic acids is 1. The molecule has 0 aliphatic heterocycles. The van der Waals surface area contributed by atoms with Crippen molar-refractivity contribution in [2.75, 3.05) is 6.54 Å². The second-order valence-electron chi connectivity index (χ2n) is 4.85. The highest BCUT2D eigenvalue weighted by molar-refractivity contribution is 5.93. The third-order valence-corrected chi connectivity index (χ3v) is 3.20. The minimum atomic E-state index is -0.167. The predicted molar refractivity (Wildman–Crippen MR) is 78.7 cm³/mol. The average Bonchev–Trinajstić information content (AvgIpc) is 2.81. The lowest BCUT2D eigenvalue weighted by Crippen LogP contribution is -2.25. The van der Waals surface area contributed by atoms with E-state index in [1.807, 2.05) is 31.2 Å². The van der Waals surface area contributed by atoms with Gasteiger partial charge >= 0.3 is 0 Å². The summed E-state index contributed by atoms with van der Waals surface area (Å²) in [5, 5.41) is 2.86. The van der Waals surface area contributed by atoms with Crippen molar-refractivity contribution < 1.29 is 9.21 Å². The molecule has 0 bridgehead atoms. The Morgan fingerprint density at radius 1 is 1.30 bits per heavy atom. The zero-order chi connectivity index (χ0) is 14.5. The number of carbonyl (C=O) groups is 1. The first kappa shape index (κ1) is 14.3. The molecule has 1 heterocycles. The van der Waals surface area contributed by atoms with Crippen molar-refractivity contribution in [1.82, 2.24) is 10.3 Å². The molecule has 0 atom stereocenters. The number of oxazole rings is 1. The number of unbranched alkanes of at least 4 members (excludes halogenated alkanes) is 1. The molecule has 2 aromatic rings. The summed E-state index contributed by atoms with van der Waals surface area (Å²) >= 11 is 0. The molecule has 4 nitrogen and oxygen atoms in total. The summed E-state index contributed by atoms with van der Waals surface area (Å²) in [4.78, 5) is 16.4. The molecule has 1 N–H and O–H groups in total. The van der Waals surface area contributed by atoms with Crippen LogP contribution in [0.3, 0.4) is 0 Å². The van der Waals surface area contributed by atoms with Crippen molar-refractivity contribution in [3.63, 3.8) is 0 Å². The number of aryl methyl sites for hydroxylation is 2. The SMILES string of the molecule is CCCCNC(=O)c1nc(-c2ccccc2C)oc1C. The molecule has 0 unspecified atom stereocenters. The van der Waals surface area contributed by atoms with E-state index in [4.69, 9.17) is 4.42 Å². The molecule has 106 valence electrons. The number of benzene rings is 1. The van der Waals surface area contributed by atoms with Gasteiger partial charge in [-0.25, -0.2) is 4.98 Å². The van der Waals surface area contributed by atoms with Gasteiger partial charge in [-0.2, -0.15) is 0 Å². The lowest BCUT2D eigenvalue weighted by Gasteiger charge is -2.01. The lowest BCUT2D eigenvalue weighted by atomic mass is 10.1. The average molecular weight is 272 g/mol. The normalized spacial score (nSPS) is 10.6. The molecule has 0 radical (unpaired) electrons. The summed E-state index contributed by atoms with van der Waals surface area (Å²) in [6, 6.07) is 7.84. The van der Waals surface area contributed by atoms with Crippen molar-refractivity contribution in [2.24, 2.45) is 0 Å². The van der Waals surface area contributed by atoms with Gasteiger partial charge in [-0.1, -0.05) is 31.5 Å². The molecule has 0 fully saturated rings. The van der Waals surface area contributed by atoms with Crippen LogP contribution in [0.1, 0.15) is 41.6 Å². The molecule has 0 saturated carbocycles. The fraction of sp³-hybridized carbons (Fsp3) is 0.375. The van der Waals surface area contributed by atoms with E-state index in [9.17, 15) is 4.79 Å². The summed E-state index contributed by atoms with van der Waals surface area (Å²) < 4.78 is 5.64. The molecule has 4 heteroatoms. The van der Waals surface area contributed by atoms with Crippen LogP contribution in [0.2, 0.25) is 0 Å². The van der Waals surface area contributed by atoms with E-state index in [1.54, 1.807) is 6.92 Å². The summed E-state index contributed by atoms with van der Waals surface area (Å²) in [5.41, 5.74) is 2.37. The maximum atomic E-state index is 12.0.